The molecule has 4 rings (SSSR count). The summed E-state index contributed by atoms with van der Waals surface area (Å²) in [6.07, 6.45) is 6.03. The minimum absolute atomic E-state index is 0.183. The largest absolute Gasteiger partial charge is 0.355 e. The van der Waals surface area contributed by atoms with Gasteiger partial charge in [0, 0.05) is 37.5 Å². The number of aromatic nitrogens is 2. The van der Waals surface area contributed by atoms with E-state index in [-0.39, 0.29) is 5.91 Å². The van der Waals surface area contributed by atoms with Gasteiger partial charge in [0.15, 0.2) is 0 Å². The minimum atomic E-state index is 0.183. The normalized spacial score (nSPS) is 25.8. The summed E-state index contributed by atoms with van der Waals surface area (Å²) in [4.78, 5) is 25.8. The Bertz CT molecular complexity index is 715. The summed E-state index contributed by atoms with van der Waals surface area (Å²) in [5.41, 5.74) is 1.76. The Balaban J connectivity index is 1.48. The fraction of sp³-hybridized carbons (Fsp3) is 0.500. The topological polar surface area (TPSA) is 49.3 Å². The monoisotopic (exact) mass is 342 g/mol. The van der Waals surface area contributed by atoms with E-state index in [0.717, 1.165) is 30.2 Å². The van der Waals surface area contributed by atoms with Gasteiger partial charge >= 0.3 is 0 Å². The highest BCUT2D eigenvalue weighted by atomic mass is 32.1. The molecule has 3 atom stereocenters. The first-order valence-corrected chi connectivity index (χ1v) is 9.40. The number of amides is 1. The van der Waals surface area contributed by atoms with Crippen molar-refractivity contribution in [2.45, 2.75) is 25.8 Å². The number of anilines is 1. The van der Waals surface area contributed by atoms with E-state index in [4.69, 9.17) is 0 Å². The van der Waals surface area contributed by atoms with Crippen molar-refractivity contribution in [3.05, 3.63) is 40.5 Å². The van der Waals surface area contributed by atoms with Gasteiger partial charge in [0.1, 0.15) is 5.82 Å². The smallest absolute Gasteiger partial charge is 0.254 e. The van der Waals surface area contributed by atoms with Crippen molar-refractivity contribution in [2.24, 2.45) is 11.8 Å². The average molecular weight is 342 g/mol. The van der Waals surface area contributed by atoms with E-state index in [9.17, 15) is 4.79 Å². The third-order valence-corrected chi connectivity index (χ3v) is 6.18. The molecule has 3 heterocycles. The van der Waals surface area contributed by atoms with E-state index in [1.807, 2.05) is 41.0 Å². The number of aryl methyl sites for hydroxylation is 1. The molecule has 24 heavy (non-hydrogen) atoms. The Morgan fingerprint density at radius 2 is 2.17 bits per heavy atom. The maximum atomic E-state index is 12.6. The molecule has 6 heteroatoms. The Morgan fingerprint density at radius 1 is 1.29 bits per heavy atom. The van der Waals surface area contributed by atoms with E-state index in [0.29, 0.717) is 17.9 Å². The van der Waals surface area contributed by atoms with Crippen molar-refractivity contribution in [3.8, 4) is 0 Å². The van der Waals surface area contributed by atoms with Crippen LogP contribution in [0, 0.1) is 18.8 Å². The van der Waals surface area contributed by atoms with Crippen LogP contribution in [0.4, 0.5) is 5.82 Å². The Morgan fingerprint density at radius 3 is 2.88 bits per heavy atom. The SMILES string of the molecule is Cc1cnc(N(C)[C@@H]2CC[C@@H]3CN(C(=O)c4ccsc4)C[C@@H]32)cn1. The summed E-state index contributed by atoms with van der Waals surface area (Å²) in [5.74, 6) is 2.25. The van der Waals surface area contributed by atoms with Crippen molar-refractivity contribution < 1.29 is 4.79 Å². The molecule has 0 N–H and O–H groups in total. The second kappa shape index (κ2) is 6.16. The van der Waals surface area contributed by atoms with Crippen molar-refractivity contribution in [2.75, 3.05) is 25.0 Å². The van der Waals surface area contributed by atoms with Gasteiger partial charge in [0.05, 0.1) is 23.7 Å². The van der Waals surface area contributed by atoms with Gasteiger partial charge in [-0.3, -0.25) is 9.78 Å². The second-order valence-corrected chi connectivity index (χ2v) is 7.70. The molecule has 1 amide bonds. The Hall–Kier alpha value is -1.95. The molecule has 0 bridgehead atoms. The number of thiophene rings is 1. The second-order valence-electron chi connectivity index (χ2n) is 6.92. The lowest BCUT2D eigenvalue weighted by atomic mass is 9.97. The van der Waals surface area contributed by atoms with Gasteiger partial charge in [-0.1, -0.05) is 0 Å². The van der Waals surface area contributed by atoms with Crippen LogP contribution in [0.15, 0.2) is 29.2 Å². The Kier molecular flexibility index (Phi) is 4.00. The number of hydrogen-bond donors (Lipinski definition) is 0. The molecule has 1 saturated carbocycles. The van der Waals surface area contributed by atoms with Crippen LogP contribution < -0.4 is 4.90 Å². The zero-order chi connectivity index (χ0) is 16.7. The first-order chi connectivity index (χ1) is 11.6. The van der Waals surface area contributed by atoms with Crippen molar-refractivity contribution in [1.29, 1.82) is 0 Å². The van der Waals surface area contributed by atoms with E-state index >= 15 is 0 Å². The summed E-state index contributed by atoms with van der Waals surface area (Å²) in [7, 11) is 2.11. The molecule has 2 aliphatic rings. The molecule has 0 radical (unpaired) electrons. The van der Waals surface area contributed by atoms with Crippen molar-refractivity contribution >= 4 is 23.1 Å². The molecule has 0 spiro atoms. The lowest BCUT2D eigenvalue weighted by Gasteiger charge is -2.30. The molecular formula is C18H22N4OS. The van der Waals surface area contributed by atoms with Crippen molar-refractivity contribution in [1.82, 2.24) is 14.9 Å². The number of carbonyl (C=O) groups excluding carboxylic acids is 1. The maximum absolute atomic E-state index is 12.6. The zero-order valence-electron chi connectivity index (χ0n) is 14.1. The fourth-order valence-electron chi connectivity index (χ4n) is 4.19. The third-order valence-electron chi connectivity index (χ3n) is 5.50. The number of nitrogens with zero attached hydrogens (tertiary/aromatic N) is 4. The van der Waals surface area contributed by atoms with Crippen LogP contribution in [-0.2, 0) is 0 Å². The van der Waals surface area contributed by atoms with Crippen LogP contribution in [0.5, 0.6) is 0 Å². The first-order valence-electron chi connectivity index (χ1n) is 8.46. The molecule has 1 saturated heterocycles. The molecule has 1 aliphatic carbocycles. The number of rotatable bonds is 3. The summed E-state index contributed by atoms with van der Waals surface area (Å²) >= 11 is 1.58. The standard InChI is InChI=1S/C18H22N4OS/c1-12-7-20-17(8-19-12)21(2)16-4-3-13-9-22(10-15(13)16)18(23)14-5-6-24-11-14/h5-8,11,13,15-16H,3-4,9-10H2,1-2H3/t13-,15+,16-/m1/s1. The molecule has 0 unspecified atom stereocenters. The Labute approximate surface area is 146 Å². The first kappa shape index (κ1) is 15.6. The molecule has 2 fully saturated rings. The van der Waals surface area contributed by atoms with Crippen LogP contribution in [-0.4, -0.2) is 47.0 Å². The van der Waals surface area contributed by atoms with E-state index in [2.05, 4.69) is 21.9 Å². The van der Waals surface area contributed by atoms with Crippen molar-refractivity contribution in [3.63, 3.8) is 0 Å². The molecule has 5 nitrogen and oxygen atoms in total. The third kappa shape index (κ3) is 2.69. The zero-order valence-corrected chi connectivity index (χ0v) is 14.9. The summed E-state index contributed by atoms with van der Waals surface area (Å²) in [6.45, 7) is 3.70. The number of fused-ring (bicyclic) bond motifs is 1. The summed E-state index contributed by atoms with van der Waals surface area (Å²) < 4.78 is 0. The molecule has 2 aromatic heterocycles. The lowest BCUT2D eigenvalue weighted by molar-refractivity contribution is 0.0780. The summed E-state index contributed by atoms with van der Waals surface area (Å²) in [6, 6.07) is 2.36. The van der Waals surface area contributed by atoms with E-state index in [1.54, 1.807) is 11.3 Å². The molecule has 1 aliphatic heterocycles. The fourth-order valence-corrected chi connectivity index (χ4v) is 4.82. The van der Waals surface area contributed by atoms with Crippen LogP contribution in [0.3, 0.4) is 0 Å². The van der Waals surface area contributed by atoms with Gasteiger partial charge in [0.2, 0.25) is 0 Å². The van der Waals surface area contributed by atoms with E-state index < -0.39 is 0 Å². The molecule has 0 aromatic carbocycles. The highest BCUT2D eigenvalue weighted by Crippen LogP contribution is 2.41. The quantitative estimate of drug-likeness (QED) is 0.861. The van der Waals surface area contributed by atoms with Crippen LogP contribution >= 0.6 is 11.3 Å². The van der Waals surface area contributed by atoms with Crippen LogP contribution in [0.2, 0.25) is 0 Å². The minimum Gasteiger partial charge on any atom is -0.355 e. The van der Waals surface area contributed by atoms with Gasteiger partial charge in [0.25, 0.3) is 5.91 Å². The van der Waals surface area contributed by atoms with E-state index in [1.165, 1.54) is 12.8 Å². The highest BCUT2D eigenvalue weighted by Gasteiger charge is 2.45. The van der Waals surface area contributed by atoms with Gasteiger partial charge in [-0.15, -0.1) is 0 Å². The predicted octanol–water partition coefficient (Wildman–Crippen LogP) is 2.83. The number of carbonyl (C=O) groups is 1. The van der Waals surface area contributed by atoms with Gasteiger partial charge < -0.3 is 9.80 Å². The lowest BCUT2D eigenvalue weighted by Crippen LogP contribution is -2.39. The molecule has 2 aromatic rings. The average Bonchev–Trinajstić information content (AvgIpc) is 3.31. The number of likely N-dealkylation sites (tertiary alicyclic amines) is 1. The van der Waals surface area contributed by atoms with Gasteiger partial charge in [-0.05, 0) is 37.1 Å². The highest BCUT2D eigenvalue weighted by molar-refractivity contribution is 7.08. The van der Waals surface area contributed by atoms with Crippen LogP contribution in [0.1, 0.15) is 28.9 Å². The number of hydrogen-bond acceptors (Lipinski definition) is 5. The van der Waals surface area contributed by atoms with Gasteiger partial charge in [-0.2, -0.15) is 11.3 Å². The maximum Gasteiger partial charge on any atom is 0.254 e. The molecule has 126 valence electrons. The summed E-state index contributed by atoms with van der Waals surface area (Å²) in [5, 5.41) is 3.92. The predicted molar refractivity (Wildman–Crippen MR) is 95.4 cm³/mol. The molecular weight excluding hydrogens is 320 g/mol. The van der Waals surface area contributed by atoms with Gasteiger partial charge in [-0.25, -0.2) is 4.98 Å². The van der Waals surface area contributed by atoms with Crippen LogP contribution in [0.25, 0.3) is 0 Å².